The molecule has 16 rings (SSSR count). The molecule has 0 bridgehead atoms. The lowest BCUT2D eigenvalue weighted by Gasteiger charge is -2.35. The van der Waals surface area contributed by atoms with Gasteiger partial charge in [0, 0.05) is 43.7 Å². The number of fused-ring (bicyclic) bond motifs is 9. The van der Waals surface area contributed by atoms with Crippen LogP contribution >= 0.6 is 0 Å². The molecule has 0 saturated heterocycles. The van der Waals surface area contributed by atoms with Crippen molar-refractivity contribution in [2.24, 2.45) is 0 Å². The van der Waals surface area contributed by atoms with Gasteiger partial charge in [0.2, 0.25) is 0 Å². The highest BCUT2D eigenvalue weighted by molar-refractivity contribution is 7.20. The Morgan fingerprint density at radius 2 is 0.561 bits per heavy atom. The van der Waals surface area contributed by atoms with Crippen molar-refractivity contribution in [3.05, 3.63) is 322 Å². The summed E-state index contributed by atoms with van der Waals surface area (Å²) in [5, 5.41) is 12.7. The first-order valence-corrected chi connectivity index (χ1v) is 30.3. The fourth-order valence-corrected chi connectivity index (χ4v) is 18.4. The molecule has 0 fully saturated rings. The first-order chi connectivity index (χ1) is 40.7. The van der Waals surface area contributed by atoms with Crippen LogP contribution in [0.3, 0.4) is 0 Å². The van der Waals surface area contributed by atoms with Gasteiger partial charge in [-0.3, -0.25) is 0 Å². The molecule has 13 aromatic carbocycles. The molecule has 0 amide bonds. The Kier molecular flexibility index (Phi) is 11.2. The van der Waals surface area contributed by atoms with E-state index in [0.717, 1.165) is 39.2 Å². The summed E-state index contributed by atoms with van der Waals surface area (Å²) in [7, 11) is -3.01. The predicted octanol–water partition coefficient (Wildman–Crippen LogP) is 17.4. The van der Waals surface area contributed by atoms with Gasteiger partial charge >= 0.3 is 0 Å². The van der Waals surface area contributed by atoms with Gasteiger partial charge in [0.25, 0.3) is 0 Å². The smallest absolute Gasteiger partial charge is 0.179 e. The summed E-state index contributed by atoms with van der Waals surface area (Å²) in [5.74, 6) is 0. The van der Waals surface area contributed by atoms with E-state index in [4.69, 9.17) is 0 Å². The molecule has 0 N–H and O–H groups in total. The number of benzene rings is 13. The Morgan fingerprint density at radius 3 is 1.11 bits per heavy atom. The molecule has 384 valence electrons. The van der Waals surface area contributed by atoms with E-state index < -0.39 is 8.07 Å². The zero-order valence-electron chi connectivity index (χ0n) is 44.9. The number of hydrogen-bond donors (Lipinski definition) is 0. The van der Waals surface area contributed by atoms with Gasteiger partial charge < -0.3 is 13.7 Å². The van der Waals surface area contributed by atoms with Gasteiger partial charge in [0.15, 0.2) is 8.07 Å². The third kappa shape index (κ3) is 7.50. The fourth-order valence-electron chi connectivity index (χ4n) is 13.6. The number of rotatable bonds is 10. The van der Waals surface area contributed by atoms with E-state index in [1.165, 1.54) is 97.4 Å². The van der Waals surface area contributed by atoms with E-state index in [1.807, 2.05) is 0 Å². The van der Waals surface area contributed by atoms with Crippen LogP contribution in [0.4, 0.5) is 0 Å². The van der Waals surface area contributed by atoms with Crippen LogP contribution in [-0.4, -0.2) is 21.8 Å². The summed E-state index contributed by atoms with van der Waals surface area (Å²) >= 11 is 0. The molecule has 0 atom stereocenters. The Hall–Kier alpha value is -10.5. The lowest BCUT2D eigenvalue weighted by Crippen LogP contribution is -2.74. The van der Waals surface area contributed by atoms with E-state index in [0.29, 0.717) is 0 Å². The molecule has 3 heterocycles. The van der Waals surface area contributed by atoms with E-state index in [2.05, 4.69) is 335 Å². The van der Waals surface area contributed by atoms with E-state index >= 15 is 0 Å². The number of aromatic nitrogens is 3. The van der Waals surface area contributed by atoms with Gasteiger partial charge in [0.05, 0.1) is 38.8 Å². The second kappa shape index (κ2) is 19.4. The maximum Gasteiger partial charge on any atom is 0.179 e. The zero-order valence-corrected chi connectivity index (χ0v) is 45.9. The molecular formula is C78H53N3Si. The molecule has 0 radical (unpaired) electrons. The summed E-state index contributed by atoms with van der Waals surface area (Å²) in [5.41, 5.74) is 17.5. The monoisotopic (exact) mass is 1060 g/mol. The van der Waals surface area contributed by atoms with Crippen molar-refractivity contribution in [2.75, 3.05) is 0 Å². The topological polar surface area (TPSA) is 14.8 Å². The van der Waals surface area contributed by atoms with Gasteiger partial charge in [-0.15, -0.1) is 0 Å². The van der Waals surface area contributed by atoms with Crippen LogP contribution in [0, 0.1) is 0 Å². The Labute approximate surface area is 477 Å². The number of hydrogen-bond acceptors (Lipinski definition) is 0. The van der Waals surface area contributed by atoms with Gasteiger partial charge in [-0.05, 0) is 121 Å². The molecule has 0 aliphatic heterocycles. The van der Waals surface area contributed by atoms with Gasteiger partial charge in [-0.1, -0.05) is 255 Å². The summed E-state index contributed by atoms with van der Waals surface area (Å²) in [4.78, 5) is 0. The number of para-hydroxylation sites is 4. The van der Waals surface area contributed by atoms with Crippen LogP contribution in [0.5, 0.6) is 0 Å². The fraction of sp³-hybridized carbons (Fsp3) is 0. The van der Waals surface area contributed by atoms with Gasteiger partial charge in [-0.25, -0.2) is 0 Å². The van der Waals surface area contributed by atoms with E-state index in [-0.39, 0.29) is 0 Å². The normalized spacial score (nSPS) is 11.9. The Balaban J connectivity index is 0.963. The molecule has 0 spiro atoms. The second-order valence-electron chi connectivity index (χ2n) is 21.6. The van der Waals surface area contributed by atoms with Gasteiger partial charge in [-0.2, -0.15) is 0 Å². The second-order valence-corrected chi connectivity index (χ2v) is 25.4. The van der Waals surface area contributed by atoms with Crippen molar-refractivity contribution in [1.82, 2.24) is 13.7 Å². The summed E-state index contributed by atoms with van der Waals surface area (Å²) < 4.78 is 7.49. The van der Waals surface area contributed by atoms with E-state index in [9.17, 15) is 0 Å². The molecular weight excluding hydrogens is 1010 g/mol. The first kappa shape index (κ1) is 47.5. The maximum atomic E-state index is 2.52. The van der Waals surface area contributed by atoms with Crippen LogP contribution in [0.2, 0.25) is 0 Å². The molecule has 0 saturated carbocycles. The molecule has 4 heteroatoms. The maximum absolute atomic E-state index is 3.01. The lowest BCUT2D eigenvalue weighted by molar-refractivity contribution is 1.13. The highest BCUT2D eigenvalue weighted by Gasteiger charge is 2.42. The molecule has 3 aromatic heterocycles. The van der Waals surface area contributed by atoms with Crippen molar-refractivity contribution in [3.63, 3.8) is 0 Å². The minimum atomic E-state index is -3.01. The molecule has 16 aromatic rings. The van der Waals surface area contributed by atoms with Gasteiger partial charge in [0.1, 0.15) is 0 Å². The minimum absolute atomic E-state index is 1.09. The highest BCUT2D eigenvalue weighted by atomic mass is 28.3. The van der Waals surface area contributed by atoms with Crippen molar-refractivity contribution < 1.29 is 0 Å². The zero-order chi connectivity index (χ0) is 54.1. The van der Waals surface area contributed by atoms with Crippen LogP contribution in [0.1, 0.15) is 0 Å². The average Bonchev–Trinajstić information content (AvgIpc) is 4.15. The molecule has 82 heavy (non-hydrogen) atoms. The molecule has 0 unspecified atom stereocenters. The van der Waals surface area contributed by atoms with Crippen molar-refractivity contribution >= 4 is 94.2 Å². The Morgan fingerprint density at radius 1 is 0.195 bits per heavy atom. The Bertz CT molecular complexity index is 5000. The average molecular weight is 1060 g/mol. The van der Waals surface area contributed by atoms with Crippen LogP contribution < -0.4 is 20.7 Å². The highest BCUT2D eigenvalue weighted by Crippen LogP contribution is 2.43. The van der Waals surface area contributed by atoms with E-state index in [1.54, 1.807) is 0 Å². The first-order valence-electron chi connectivity index (χ1n) is 28.3. The standard InChI is InChI=1S/C78H53N3Si/c1-5-24-54(25-6-1)56-28-21-34-64(50-56)82(62-30-9-3-10-31-62,63-32-11-4-12-33-63)65-35-22-29-57(51-65)59-48-60(79-71-40-17-13-36-66(71)67-37-14-18-41-72(67)79)53-61(49-59)80-74-43-20-16-39-69(74)78-76(80)44-23-45-77(78)81-73-42-19-15-38-68(73)70-52-58(46-47-75(70)81)55-26-7-2-8-27-55/h1-53H. The summed E-state index contributed by atoms with van der Waals surface area (Å²) in [6.45, 7) is 0. The van der Waals surface area contributed by atoms with Crippen LogP contribution in [0.25, 0.3) is 116 Å². The third-order valence-electron chi connectivity index (χ3n) is 17.1. The quantitative estimate of drug-likeness (QED) is 0.0958. The van der Waals surface area contributed by atoms with Crippen LogP contribution in [-0.2, 0) is 0 Å². The number of nitrogens with zero attached hydrogens (tertiary/aromatic N) is 3. The molecule has 0 aliphatic carbocycles. The lowest BCUT2D eigenvalue weighted by atomic mass is 10.0. The van der Waals surface area contributed by atoms with Crippen molar-refractivity contribution in [2.45, 2.75) is 0 Å². The minimum Gasteiger partial charge on any atom is -0.309 e. The molecule has 0 aliphatic rings. The summed E-state index contributed by atoms with van der Waals surface area (Å²) in [6, 6.07) is 120. The van der Waals surface area contributed by atoms with Crippen molar-refractivity contribution in [1.29, 1.82) is 0 Å². The molecule has 3 nitrogen and oxygen atoms in total. The third-order valence-corrected chi connectivity index (χ3v) is 21.9. The largest absolute Gasteiger partial charge is 0.309 e. The van der Waals surface area contributed by atoms with Crippen molar-refractivity contribution in [3.8, 4) is 50.4 Å². The predicted molar refractivity (Wildman–Crippen MR) is 349 cm³/mol. The van der Waals surface area contributed by atoms with Crippen LogP contribution in [0.15, 0.2) is 322 Å². The summed E-state index contributed by atoms with van der Waals surface area (Å²) in [6.07, 6.45) is 0. The SMILES string of the molecule is c1ccc(-c2cccc([Si](c3ccccc3)(c3ccccc3)c3cccc(-c4cc(-n5c6ccccc6c6ccccc65)cc(-n5c6ccccc6c6c(-n7c8ccccc8c8cc(-c9ccccc9)ccc87)cccc65)c4)c3)c2)cc1.